The zero-order chi connectivity index (χ0) is 15.9. The zero-order valence-electron chi connectivity index (χ0n) is 12.8. The van der Waals surface area contributed by atoms with Crippen molar-refractivity contribution in [3.8, 4) is 11.3 Å². The van der Waals surface area contributed by atoms with Crippen LogP contribution >= 0.6 is 11.6 Å². The number of hydrogen-bond acceptors (Lipinski definition) is 3. The average molecular weight is 322 g/mol. The molecular weight excluding hydrogens is 302 g/mol. The van der Waals surface area contributed by atoms with Crippen LogP contribution in [-0.4, -0.2) is 25.2 Å². The summed E-state index contributed by atoms with van der Waals surface area (Å²) in [7, 11) is 0. The Kier molecular flexibility index (Phi) is 6.04. The topological polar surface area (TPSA) is 51.5 Å². The lowest BCUT2D eigenvalue weighted by Crippen LogP contribution is -2.25. The number of furan rings is 1. The van der Waals surface area contributed by atoms with Crippen LogP contribution in [0.25, 0.3) is 11.3 Å². The first-order valence-electron chi connectivity index (χ1n) is 7.32. The van der Waals surface area contributed by atoms with Crippen LogP contribution in [0.2, 0.25) is 5.02 Å². The fraction of sp³-hybridized carbons (Fsp3) is 0.353. The van der Waals surface area contributed by atoms with Crippen molar-refractivity contribution in [3.63, 3.8) is 0 Å². The van der Waals surface area contributed by atoms with Crippen LogP contribution in [0.5, 0.6) is 0 Å². The molecule has 0 unspecified atom stereocenters. The molecule has 0 saturated carbocycles. The monoisotopic (exact) mass is 321 g/mol. The van der Waals surface area contributed by atoms with Gasteiger partial charge in [-0.05, 0) is 44.5 Å². The molecule has 0 radical (unpaired) electrons. The average Bonchev–Trinajstić information content (AvgIpc) is 2.96. The van der Waals surface area contributed by atoms with Gasteiger partial charge < -0.3 is 14.5 Å². The van der Waals surface area contributed by atoms with Gasteiger partial charge in [0.1, 0.15) is 5.76 Å². The van der Waals surface area contributed by atoms with Gasteiger partial charge in [0.25, 0.3) is 5.91 Å². The molecule has 22 heavy (non-hydrogen) atoms. The van der Waals surface area contributed by atoms with Gasteiger partial charge in [0.15, 0.2) is 5.76 Å². The Balaban J connectivity index is 1.88. The van der Waals surface area contributed by atoms with E-state index in [2.05, 4.69) is 5.32 Å². The molecule has 1 heterocycles. The van der Waals surface area contributed by atoms with Gasteiger partial charge in [0.2, 0.25) is 0 Å². The maximum Gasteiger partial charge on any atom is 0.287 e. The van der Waals surface area contributed by atoms with Crippen LogP contribution in [0.3, 0.4) is 0 Å². The van der Waals surface area contributed by atoms with Crippen molar-refractivity contribution in [1.29, 1.82) is 0 Å². The number of rotatable bonds is 7. The Hall–Kier alpha value is -1.78. The van der Waals surface area contributed by atoms with Gasteiger partial charge in [0.05, 0.1) is 11.1 Å². The molecule has 2 aromatic rings. The van der Waals surface area contributed by atoms with Crippen LogP contribution in [0, 0.1) is 0 Å². The van der Waals surface area contributed by atoms with Crippen molar-refractivity contribution in [3.05, 3.63) is 47.2 Å². The molecule has 0 aliphatic rings. The van der Waals surface area contributed by atoms with Crippen LogP contribution < -0.4 is 5.32 Å². The van der Waals surface area contributed by atoms with Crippen molar-refractivity contribution < 1.29 is 13.9 Å². The number of benzene rings is 1. The summed E-state index contributed by atoms with van der Waals surface area (Å²) < 4.78 is 11.0. The van der Waals surface area contributed by atoms with E-state index < -0.39 is 0 Å². The molecular formula is C17H20ClNO3. The molecule has 1 amide bonds. The highest BCUT2D eigenvalue weighted by Gasteiger charge is 2.13. The van der Waals surface area contributed by atoms with Gasteiger partial charge in [-0.2, -0.15) is 0 Å². The Bertz CT molecular complexity index is 622. The summed E-state index contributed by atoms with van der Waals surface area (Å²) in [5.41, 5.74) is 0.772. The third-order valence-corrected chi connectivity index (χ3v) is 3.36. The van der Waals surface area contributed by atoms with Crippen LogP contribution in [0.4, 0.5) is 0 Å². The fourth-order valence-corrected chi connectivity index (χ4v) is 2.17. The maximum atomic E-state index is 12.0. The lowest BCUT2D eigenvalue weighted by Gasteiger charge is -2.07. The molecule has 1 aromatic carbocycles. The van der Waals surface area contributed by atoms with Crippen molar-refractivity contribution in [2.24, 2.45) is 0 Å². The number of carbonyl (C=O) groups is 1. The van der Waals surface area contributed by atoms with Crippen molar-refractivity contribution in [2.75, 3.05) is 13.2 Å². The minimum absolute atomic E-state index is 0.207. The van der Waals surface area contributed by atoms with Crippen LogP contribution in [-0.2, 0) is 4.74 Å². The molecule has 0 aliphatic carbocycles. The summed E-state index contributed by atoms with van der Waals surface area (Å²) in [4.78, 5) is 12.0. The molecule has 5 heteroatoms. The van der Waals surface area contributed by atoms with Crippen LogP contribution in [0.15, 0.2) is 40.8 Å². The molecule has 0 atom stereocenters. The zero-order valence-corrected chi connectivity index (χ0v) is 13.5. The lowest BCUT2D eigenvalue weighted by molar-refractivity contribution is 0.0753. The molecule has 0 bridgehead atoms. The minimum Gasteiger partial charge on any atom is -0.451 e. The predicted octanol–water partition coefficient (Wildman–Crippen LogP) is 4.14. The highest BCUT2D eigenvalue weighted by molar-refractivity contribution is 6.33. The molecule has 0 spiro atoms. The standard InChI is InChI=1S/C17H20ClNO3/c1-12(2)21-11-5-10-19-17(20)16-9-8-15(22-16)13-6-3-4-7-14(13)18/h3-4,6-9,12H,5,10-11H2,1-2H3,(H,19,20). The summed E-state index contributed by atoms with van der Waals surface area (Å²) in [6, 6.07) is 10.8. The predicted molar refractivity (Wildman–Crippen MR) is 87.2 cm³/mol. The van der Waals surface area contributed by atoms with Gasteiger partial charge >= 0.3 is 0 Å². The highest BCUT2D eigenvalue weighted by Crippen LogP contribution is 2.28. The van der Waals surface area contributed by atoms with E-state index >= 15 is 0 Å². The van der Waals surface area contributed by atoms with E-state index in [1.807, 2.05) is 32.0 Å². The van der Waals surface area contributed by atoms with Crippen molar-refractivity contribution in [2.45, 2.75) is 26.4 Å². The third-order valence-electron chi connectivity index (χ3n) is 3.03. The second-order valence-corrected chi connectivity index (χ2v) is 5.58. The molecule has 4 nitrogen and oxygen atoms in total. The molecule has 2 rings (SSSR count). The molecule has 118 valence electrons. The maximum absolute atomic E-state index is 12.0. The first-order chi connectivity index (χ1) is 10.6. The lowest BCUT2D eigenvalue weighted by atomic mass is 10.2. The van der Waals surface area contributed by atoms with Gasteiger partial charge in [-0.15, -0.1) is 0 Å². The Morgan fingerprint density at radius 1 is 1.27 bits per heavy atom. The van der Waals surface area contributed by atoms with Crippen molar-refractivity contribution in [1.82, 2.24) is 5.32 Å². The number of hydrogen-bond donors (Lipinski definition) is 1. The summed E-state index contributed by atoms with van der Waals surface area (Å²) in [5.74, 6) is 0.626. The van der Waals surface area contributed by atoms with Gasteiger partial charge in [0, 0.05) is 18.7 Å². The van der Waals surface area contributed by atoms with E-state index in [4.69, 9.17) is 20.8 Å². The van der Waals surface area contributed by atoms with Gasteiger partial charge in [-0.3, -0.25) is 4.79 Å². The second kappa shape index (κ2) is 8.01. The van der Waals surface area contributed by atoms with E-state index in [9.17, 15) is 4.79 Å². The quantitative estimate of drug-likeness (QED) is 0.780. The Morgan fingerprint density at radius 2 is 2.05 bits per heavy atom. The summed E-state index contributed by atoms with van der Waals surface area (Å²) in [6.45, 7) is 5.14. The van der Waals surface area contributed by atoms with E-state index in [0.29, 0.717) is 23.9 Å². The highest BCUT2D eigenvalue weighted by atomic mass is 35.5. The molecule has 0 saturated heterocycles. The van der Waals surface area contributed by atoms with Gasteiger partial charge in [-0.25, -0.2) is 0 Å². The van der Waals surface area contributed by atoms with Gasteiger partial charge in [-0.1, -0.05) is 23.7 Å². The number of carbonyl (C=O) groups excluding carboxylic acids is 1. The molecule has 0 fully saturated rings. The first kappa shape index (κ1) is 16.6. The van der Waals surface area contributed by atoms with E-state index in [0.717, 1.165) is 12.0 Å². The second-order valence-electron chi connectivity index (χ2n) is 5.17. The third kappa shape index (κ3) is 4.61. The first-order valence-corrected chi connectivity index (χ1v) is 7.70. The minimum atomic E-state index is -0.233. The Labute approximate surface area is 135 Å². The summed E-state index contributed by atoms with van der Waals surface area (Å²) >= 11 is 6.12. The molecule has 0 aliphatic heterocycles. The summed E-state index contributed by atoms with van der Waals surface area (Å²) in [6.07, 6.45) is 0.973. The smallest absolute Gasteiger partial charge is 0.287 e. The SMILES string of the molecule is CC(C)OCCCNC(=O)c1ccc(-c2ccccc2Cl)o1. The van der Waals surface area contributed by atoms with E-state index in [1.54, 1.807) is 18.2 Å². The fourth-order valence-electron chi connectivity index (χ4n) is 1.95. The normalized spacial score (nSPS) is 10.9. The largest absolute Gasteiger partial charge is 0.451 e. The number of nitrogens with one attached hydrogen (secondary N) is 1. The van der Waals surface area contributed by atoms with E-state index in [-0.39, 0.29) is 17.8 Å². The van der Waals surface area contributed by atoms with Crippen molar-refractivity contribution >= 4 is 17.5 Å². The molecule has 1 aromatic heterocycles. The van der Waals surface area contributed by atoms with Crippen LogP contribution in [0.1, 0.15) is 30.8 Å². The number of halogens is 1. The number of ether oxygens (including phenoxy) is 1. The Morgan fingerprint density at radius 3 is 2.77 bits per heavy atom. The number of amides is 1. The van der Waals surface area contributed by atoms with E-state index in [1.165, 1.54) is 0 Å². The summed E-state index contributed by atoms with van der Waals surface area (Å²) in [5, 5.41) is 3.40. The molecule has 1 N–H and O–H groups in total.